The van der Waals surface area contributed by atoms with Gasteiger partial charge in [-0.05, 0) is 33.6 Å². The predicted octanol–water partition coefficient (Wildman–Crippen LogP) is 2.10. The summed E-state index contributed by atoms with van der Waals surface area (Å²) in [5, 5.41) is 3.97. The summed E-state index contributed by atoms with van der Waals surface area (Å²) in [5.41, 5.74) is -0.492. The summed E-state index contributed by atoms with van der Waals surface area (Å²) in [7, 11) is 1.48. The first kappa shape index (κ1) is 15.3. The fourth-order valence-electron chi connectivity index (χ4n) is 2.03. The van der Waals surface area contributed by atoms with E-state index in [1.165, 1.54) is 17.1 Å². The highest BCUT2D eigenvalue weighted by Crippen LogP contribution is 2.39. The first-order valence-electron chi connectivity index (χ1n) is 6.28. The van der Waals surface area contributed by atoms with Gasteiger partial charge in [0.2, 0.25) is 0 Å². The lowest BCUT2D eigenvalue weighted by Gasteiger charge is -2.35. The molecule has 0 bridgehead atoms. The number of carbonyl (C=O) groups is 1. The van der Waals surface area contributed by atoms with Gasteiger partial charge >= 0.3 is 5.97 Å². The van der Waals surface area contributed by atoms with E-state index in [1.54, 1.807) is 0 Å². The standard InChI is InChI=1S/C12H17ClN2O4S/c1-12(2,3)19-11(16)8-4-9(5-8)15-7-10(6-14-15)20(13,17)18/h6-9H,4-5H2,1-3H3/t8-,9-. The Hall–Kier alpha value is -1.08. The summed E-state index contributed by atoms with van der Waals surface area (Å²) in [6.07, 6.45) is 3.79. The maximum absolute atomic E-state index is 11.8. The highest BCUT2D eigenvalue weighted by Gasteiger charge is 2.38. The molecule has 1 heterocycles. The molecule has 1 aromatic rings. The molecule has 0 unspecified atom stereocenters. The van der Waals surface area contributed by atoms with Gasteiger partial charge in [-0.15, -0.1) is 0 Å². The van der Waals surface area contributed by atoms with Crippen LogP contribution in [0.25, 0.3) is 0 Å². The van der Waals surface area contributed by atoms with Crippen LogP contribution < -0.4 is 0 Å². The van der Waals surface area contributed by atoms with Gasteiger partial charge in [0.05, 0.1) is 18.2 Å². The van der Waals surface area contributed by atoms with Crippen molar-refractivity contribution in [3.05, 3.63) is 12.4 Å². The van der Waals surface area contributed by atoms with Crippen LogP contribution in [0, 0.1) is 5.92 Å². The topological polar surface area (TPSA) is 78.3 Å². The molecule has 8 heteroatoms. The third-order valence-electron chi connectivity index (χ3n) is 3.09. The Bertz CT molecular complexity index is 612. The lowest BCUT2D eigenvalue weighted by molar-refractivity contribution is -0.164. The number of hydrogen-bond acceptors (Lipinski definition) is 5. The zero-order valence-corrected chi connectivity index (χ0v) is 13.1. The van der Waals surface area contributed by atoms with E-state index >= 15 is 0 Å². The molecule has 0 radical (unpaired) electrons. The fourth-order valence-corrected chi connectivity index (χ4v) is 2.67. The largest absolute Gasteiger partial charge is 0.460 e. The van der Waals surface area contributed by atoms with Crippen LogP contribution in [0.3, 0.4) is 0 Å². The second-order valence-corrected chi connectivity index (χ2v) is 8.52. The van der Waals surface area contributed by atoms with Gasteiger partial charge in [0.25, 0.3) is 9.05 Å². The summed E-state index contributed by atoms with van der Waals surface area (Å²) in [6.45, 7) is 5.48. The maximum Gasteiger partial charge on any atom is 0.309 e. The Morgan fingerprint density at radius 1 is 1.45 bits per heavy atom. The van der Waals surface area contributed by atoms with Gasteiger partial charge < -0.3 is 4.74 Å². The molecule has 0 N–H and O–H groups in total. The first-order valence-corrected chi connectivity index (χ1v) is 8.59. The van der Waals surface area contributed by atoms with Crippen molar-refractivity contribution in [2.24, 2.45) is 5.92 Å². The van der Waals surface area contributed by atoms with Crippen LogP contribution in [0.4, 0.5) is 0 Å². The summed E-state index contributed by atoms with van der Waals surface area (Å²) in [5.74, 6) is -0.370. The van der Waals surface area contributed by atoms with Crippen molar-refractivity contribution in [3.8, 4) is 0 Å². The third kappa shape index (κ3) is 3.52. The molecule has 0 amide bonds. The van der Waals surface area contributed by atoms with Crippen molar-refractivity contribution in [2.45, 2.75) is 50.2 Å². The van der Waals surface area contributed by atoms with E-state index in [9.17, 15) is 13.2 Å². The summed E-state index contributed by atoms with van der Waals surface area (Å²) < 4.78 is 29.1. The van der Waals surface area contributed by atoms with Gasteiger partial charge in [0.1, 0.15) is 10.5 Å². The first-order chi connectivity index (χ1) is 9.06. The molecule has 1 aromatic heterocycles. The number of aromatic nitrogens is 2. The quantitative estimate of drug-likeness (QED) is 0.629. The smallest absolute Gasteiger partial charge is 0.309 e. The minimum absolute atomic E-state index is 0.0136. The van der Waals surface area contributed by atoms with Crippen LogP contribution in [-0.4, -0.2) is 29.8 Å². The number of ether oxygens (including phenoxy) is 1. The van der Waals surface area contributed by atoms with Crippen LogP contribution in [0.15, 0.2) is 17.3 Å². The zero-order chi connectivity index (χ0) is 15.1. The molecule has 2 rings (SSSR count). The molecular formula is C12H17ClN2O4S. The second kappa shape index (κ2) is 5.04. The van der Waals surface area contributed by atoms with Gasteiger partial charge in [-0.3, -0.25) is 9.48 Å². The number of nitrogens with zero attached hydrogens (tertiary/aromatic N) is 2. The van der Waals surface area contributed by atoms with Crippen molar-refractivity contribution in [1.29, 1.82) is 0 Å². The summed E-state index contributed by atoms with van der Waals surface area (Å²) >= 11 is 0. The highest BCUT2D eigenvalue weighted by atomic mass is 35.7. The van der Waals surface area contributed by atoms with Crippen molar-refractivity contribution in [2.75, 3.05) is 0 Å². The average Bonchev–Trinajstić information content (AvgIpc) is 2.60. The molecule has 0 saturated heterocycles. The Morgan fingerprint density at radius 3 is 2.50 bits per heavy atom. The number of esters is 1. The van der Waals surface area contributed by atoms with E-state index in [2.05, 4.69) is 5.10 Å². The summed E-state index contributed by atoms with van der Waals surface area (Å²) in [4.78, 5) is 11.8. The van der Waals surface area contributed by atoms with Crippen LogP contribution in [-0.2, 0) is 18.6 Å². The highest BCUT2D eigenvalue weighted by molar-refractivity contribution is 8.13. The van der Waals surface area contributed by atoms with E-state index in [1.807, 2.05) is 20.8 Å². The lowest BCUT2D eigenvalue weighted by Crippen LogP contribution is -2.37. The van der Waals surface area contributed by atoms with E-state index in [4.69, 9.17) is 15.4 Å². The molecule has 1 aliphatic rings. The molecule has 1 fully saturated rings. The maximum atomic E-state index is 11.8. The van der Waals surface area contributed by atoms with Gasteiger partial charge in [-0.2, -0.15) is 5.10 Å². The molecule has 0 spiro atoms. The number of halogens is 1. The molecule has 1 aliphatic carbocycles. The van der Waals surface area contributed by atoms with Gasteiger partial charge in [0.15, 0.2) is 0 Å². The van der Waals surface area contributed by atoms with Crippen molar-refractivity contribution >= 4 is 25.7 Å². The lowest BCUT2D eigenvalue weighted by atomic mass is 9.80. The molecule has 0 aromatic carbocycles. The number of carbonyl (C=O) groups excluding carboxylic acids is 1. The molecular weight excluding hydrogens is 304 g/mol. The van der Waals surface area contributed by atoms with Gasteiger partial charge in [-0.25, -0.2) is 8.42 Å². The Labute approximate surface area is 122 Å². The number of hydrogen-bond donors (Lipinski definition) is 0. The van der Waals surface area contributed by atoms with E-state index < -0.39 is 14.7 Å². The number of rotatable bonds is 3. The van der Waals surface area contributed by atoms with Crippen molar-refractivity contribution < 1.29 is 17.9 Å². The summed E-state index contributed by atoms with van der Waals surface area (Å²) in [6, 6.07) is 0.0136. The fraction of sp³-hybridized carbons (Fsp3) is 0.667. The Kier molecular flexibility index (Phi) is 3.85. The van der Waals surface area contributed by atoms with Gasteiger partial charge in [0, 0.05) is 16.9 Å². The molecule has 0 aliphatic heterocycles. The molecule has 0 atom stereocenters. The van der Waals surface area contributed by atoms with Crippen molar-refractivity contribution in [3.63, 3.8) is 0 Å². The van der Waals surface area contributed by atoms with Crippen LogP contribution in [0.5, 0.6) is 0 Å². The van der Waals surface area contributed by atoms with Crippen LogP contribution >= 0.6 is 10.7 Å². The third-order valence-corrected chi connectivity index (χ3v) is 4.40. The Balaban J connectivity index is 1.94. The minimum Gasteiger partial charge on any atom is -0.460 e. The molecule has 6 nitrogen and oxygen atoms in total. The van der Waals surface area contributed by atoms with E-state index in [0.717, 1.165) is 0 Å². The second-order valence-electron chi connectivity index (χ2n) is 5.95. The van der Waals surface area contributed by atoms with E-state index in [0.29, 0.717) is 12.8 Å². The van der Waals surface area contributed by atoms with Crippen LogP contribution in [0.2, 0.25) is 0 Å². The molecule has 20 heavy (non-hydrogen) atoms. The van der Waals surface area contributed by atoms with E-state index in [-0.39, 0.29) is 22.8 Å². The van der Waals surface area contributed by atoms with Crippen molar-refractivity contribution in [1.82, 2.24) is 9.78 Å². The Morgan fingerprint density at radius 2 is 2.05 bits per heavy atom. The molecule has 1 saturated carbocycles. The normalized spacial score (nSPS) is 23.2. The monoisotopic (exact) mass is 320 g/mol. The average molecular weight is 321 g/mol. The van der Waals surface area contributed by atoms with Crippen LogP contribution in [0.1, 0.15) is 39.7 Å². The van der Waals surface area contributed by atoms with Gasteiger partial charge in [-0.1, -0.05) is 0 Å². The SMILES string of the molecule is CC(C)(C)OC(=O)[C@H]1C[C@H](n2cc(S(=O)(=O)Cl)cn2)C1. The zero-order valence-electron chi connectivity index (χ0n) is 11.5. The molecule has 112 valence electrons. The minimum atomic E-state index is -3.76. The predicted molar refractivity (Wildman–Crippen MR) is 72.9 cm³/mol.